The Balaban J connectivity index is 0.00000240. The second-order valence-electron chi connectivity index (χ2n) is 7.18. The maximum atomic E-state index is 5.27. The fourth-order valence-corrected chi connectivity index (χ4v) is 3.94. The number of aryl methyl sites for hydroxylation is 1. The summed E-state index contributed by atoms with van der Waals surface area (Å²) in [5, 5.41) is 3.49. The van der Waals surface area contributed by atoms with E-state index in [1.807, 2.05) is 37.4 Å². The van der Waals surface area contributed by atoms with Gasteiger partial charge in [0.1, 0.15) is 11.6 Å². The molecule has 0 bridgehead atoms. The van der Waals surface area contributed by atoms with Crippen molar-refractivity contribution in [2.75, 3.05) is 27.2 Å². The highest BCUT2D eigenvalue weighted by molar-refractivity contribution is 14.0. The number of methoxy groups -OCH3 is 1. The third-order valence-electron chi connectivity index (χ3n) is 5.57. The topological polar surface area (TPSA) is 54.7 Å². The van der Waals surface area contributed by atoms with Crippen molar-refractivity contribution in [1.82, 2.24) is 19.8 Å². The van der Waals surface area contributed by atoms with E-state index >= 15 is 0 Å². The number of halogens is 1. The molecule has 4 rings (SSSR count). The van der Waals surface area contributed by atoms with E-state index in [0.717, 1.165) is 48.1 Å². The third kappa shape index (κ3) is 4.49. The summed E-state index contributed by atoms with van der Waals surface area (Å²) in [4.78, 5) is 11.6. The van der Waals surface area contributed by atoms with Crippen molar-refractivity contribution < 1.29 is 4.74 Å². The summed E-state index contributed by atoms with van der Waals surface area (Å²) in [7, 11) is 5.61. The van der Waals surface area contributed by atoms with E-state index in [2.05, 4.69) is 45.0 Å². The number of ether oxygens (including phenoxy) is 1. The summed E-state index contributed by atoms with van der Waals surface area (Å²) >= 11 is 0. The van der Waals surface area contributed by atoms with Crippen LogP contribution in [0.15, 0.2) is 53.5 Å². The van der Waals surface area contributed by atoms with E-state index in [4.69, 9.17) is 9.72 Å². The zero-order valence-electron chi connectivity index (χ0n) is 17.1. The molecule has 0 spiro atoms. The van der Waals surface area contributed by atoms with Crippen molar-refractivity contribution in [2.45, 2.75) is 18.9 Å². The van der Waals surface area contributed by atoms with Crippen molar-refractivity contribution in [3.05, 3.63) is 59.9 Å². The minimum atomic E-state index is 0. The molecule has 7 heteroatoms. The number of nitrogens with one attached hydrogen (secondary N) is 1. The molecule has 1 aromatic heterocycles. The lowest BCUT2D eigenvalue weighted by atomic mass is 9.98. The van der Waals surface area contributed by atoms with Crippen molar-refractivity contribution in [1.29, 1.82) is 0 Å². The lowest BCUT2D eigenvalue weighted by molar-refractivity contribution is 0.414. The molecule has 1 N–H and O–H groups in total. The van der Waals surface area contributed by atoms with Crippen LogP contribution in [0.5, 0.6) is 5.75 Å². The number of nitrogens with zero attached hydrogens (tertiary/aromatic N) is 4. The molecule has 154 valence electrons. The number of hydrogen-bond donors (Lipinski definition) is 1. The van der Waals surface area contributed by atoms with Crippen LogP contribution in [0.3, 0.4) is 0 Å². The first-order valence-electron chi connectivity index (χ1n) is 9.69. The van der Waals surface area contributed by atoms with E-state index < -0.39 is 0 Å². The van der Waals surface area contributed by atoms with Crippen LogP contribution in [-0.4, -0.2) is 47.7 Å². The quantitative estimate of drug-likeness (QED) is 0.334. The Morgan fingerprint density at radius 2 is 1.97 bits per heavy atom. The third-order valence-corrected chi connectivity index (χ3v) is 5.57. The fraction of sp³-hybridized carbons (Fsp3) is 0.364. The first-order chi connectivity index (χ1) is 13.7. The number of para-hydroxylation sites is 2. The van der Waals surface area contributed by atoms with Crippen molar-refractivity contribution in [3.8, 4) is 5.75 Å². The largest absolute Gasteiger partial charge is 0.497 e. The second-order valence-corrected chi connectivity index (χ2v) is 7.18. The summed E-state index contributed by atoms with van der Waals surface area (Å²) in [6.07, 6.45) is 1.12. The number of aliphatic imine (C=N–C) groups is 1. The van der Waals surface area contributed by atoms with Crippen LogP contribution in [0.4, 0.5) is 0 Å². The first kappa shape index (κ1) is 21.4. The molecule has 2 heterocycles. The van der Waals surface area contributed by atoms with Gasteiger partial charge in [0.05, 0.1) is 24.7 Å². The molecule has 1 aliphatic rings. The number of rotatable bonds is 4. The predicted molar refractivity (Wildman–Crippen MR) is 128 cm³/mol. The summed E-state index contributed by atoms with van der Waals surface area (Å²) in [6.45, 7) is 2.62. The number of aromatic nitrogens is 2. The molecule has 1 unspecified atom stereocenters. The molecule has 0 aliphatic carbocycles. The molecule has 0 amide bonds. The van der Waals surface area contributed by atoms with E-state index in [-0.39, 0.29) is 24.0 Å². The Morgan fingerprint density at radius 1 is 1.21 bits per heavy atom. The van der Waals surface area contributed by atoms with Gasteiger partial charge in [-0.3, -0.25) is 4.99 Å². The zero-order chi connectivity index (χ0) is 19.5. The van der Waals surface area contributed by atoms with Crippen LogP contribution >= 0.6 is 24.0 Å². The van der Waals surface area contributed by atoms with Crippen LogP contribution in [-0.2, 0) is 13.6 Å². The van der Waals surface area contributed by atoms with Crippen LogP contribution in [0.1, 0.15) is 23.7 Å². The smallest absolute Gasteiger partial charge is 0.194 e. The van der Waals surface area contributed by atoms with E-state index in [1.165, 1.54) is 5.56 Å². The molecule has 29 heavy (non-hydrogen) atoms. The minimum absolute atomic E-state index is 0. The van der Waals surface area contributed by atoms with E-state index in [1.54, 1.807) is 7.11 Å². The average Bonchev–Trinajstić information content (AvgIpc) is 3.34. The molecule has 6 nitrogen and oxygen atoms in total. The van der Waals surface area contributed by atoms with Crippen LogP contribution in [0.25, 0.3) is 11.0 Å². The Labute approximate surface area is 189 Å². The van der Waals surface area contributed by atoms with Gasteiger partial charge in [0.2, 0.25) is 0 Å². The summed E-state index contributed by atoms with van der Waals surface area (Å²) < 4.78 is 7.41. The number of benzene rings is 2. The first-order valence-corrected chi connectivity index (χ1v) is 9.69. The molecule has 1 aliphatic heterocycles. The monoisotopic (exact) mass is 505 g/mol. The highest BCUT2D eigenvalue weighted by atomic mass is 127. The Morgan fingerprint density at radius 3 is 2.66 bits per heavy atom. The van der Waals surface area contributed by atoms with Gasteiger partial charge < -0.3 is 19.5 Å². The lowest BCUT2D eigenvalue weighted by Gasteiger charge is -2.21. The molecule has 1 saturated heterocycles. The summed E-state index contributed by atoms with van der Waals surface area (Å²) in [6, 6.07) is 16.6. The number of likely N-dealkylation sites (tertiary alicyclic amines) is 1. The van der Waals surface area contributed by atoms with Crippen molar-refractivity contribution in [3.63, 3.8) is 0 Å². The van der Waals surface area contributed by atoms with E-state index in [0.29, 0.717) is 12.5 Å². The SMILES string of the molecule is CN=C(NCc1nc2ccccc2n1C)N1CCC(c2ccc(OC)cc2)C1.I. The highest BCUT2D eigenvalue weighted by Crippen LogP contribution is 2.28. The van der Waals surface area contributed by atoms with Gasteiger partial charge in [-0.05, 0) is 36.2 Å². The minimum Gasteiger partial charge on any atom is -0.497 e. The van der Waals surface area contributed by atoms with Crippen LogP contribution < -0.4 is 10.1 Å². The Kier molecular flexibility index (Phi) is 7.00. The number of guanidine groups is 1. The van der Waals surface area contributed by atoms with Gasteiger partial charge in [0.25, 0.3) is 0 Å². The summed E-state index contributed by atoms with van der Waals surface area (Å²) in [5.74, 6) is 3.36. The standard InChI is InChI=1S/C22H27N5O.HI/c1-23-22(24-14-21-25-19-6-4-5-7-20(19)26(21)2)27-13-12-17(15-27)16-8-10-18(28-3)11-9-16;/h4-11,17H,12-15H2,1-3H3,(H,23,24);1H. The molecular weight excluding hydrogens is 477 g/mol. The molecule has 0 radical (unpaired) electrons. The Hall–Kier alpha value is -2.29. The molecule has 1 atom stereocenters. The molecule has 3 aromatic rings. The van der Waals surface area contributed by atoms with Gasteiger partial charge in [-0.15, -0.1) is 24.0 Å². The van der Waals surface area contributed by atoms with E-state index in [9.17, 15) is 0 Å². The normalized spacial score (nSPS) is 16.7. The summed E-state index contributed by atoms with van der Waals surface area (Å²) in [5.41, 5.74) is 3.53. The van der Waals surface area contributed by atoms with Crippen LogP contribution in [0, 0.1) is 0 Å². The number of fused-ring (bicyclic) bond motifs is 1. The van der Waals surface area contributed by atoms with Crippen LogP contribution in [0.2, 0.25) is 0 Å². The Bertz CT molecular complexity index is 983. The van der Waals surface area contributed by atoms with Crippen molar-refractivity contribution >= 4 is 41.0 Å². The van der Waals surface area contributed by atoms with Gasteiger partial charge in [0.15, 0.2) is 5.96 Å². The lowest BCUT2D eigenvalue weighted by Crippen LogP contribution is -2.40. The maximum absolute atomic E-state index is 5.27. The second kappa shape index (κ2) is 9.47. The number of hydrogen-bond acceptors (Lipinski definition) is 3. The maximum Gasteiger partial charge on any atom is 0.194 e. The molecule has 1 fully saturated rings. The fourth-order valence-electron chi connectivity index (χ4n) is 3.94. The van der Waals surface area contributed by atoms with Crippen molar-refractivity contribution in [2.24, 2.45) is 12.0 Å². The molecular formula is C22H28IN5O. The van der Waals surface area contributed by atoms with Gasteiger partial charge in [-0.25, -0.2) is 4.98 Å². The predicted octanol–water partition coefficient (Wildman–Crippen LogP) is 3.76. The average molecular weight is 505 g/mol. The van der Waals surface area contributed by atoms with Gasteiger partial charge >= 0.3 is 0 Å². The molecule has 0 saturated carbocycles. The highest BCUT2D eigenvalue weighted by Gasteiger charge is 2.26. The zero-order valence-corrected chi connectivity index (χ0v) is 19.5. The molecule has 2 aromatic carbocycles. The van der Waals surface area contributed by atoms with Gasteiger partial charge in [0, 0.05) is 33.1 Å². The van der Waals surface area contributed by atoms with Gasteiger partial charge in [-0.1, -0.05) is 24.3 Å². The number of imidazole rings is 1. The van der Waals surface area contributed by atoms with Gasteiger partial charge in [-0.2, -0.15) is 0 Å².